The number of aryl methyl sites for hydroxylation is 1. The number of aromatic nitrogens is 4. The van der Waals surface area contributed by atoms with Crippen LogP contribution in [0.15, 0.2) is 6.33 Å². The Hall–Kier alpha value is -1.16. The van der Waals surface area contributed by atoms with Crippen molar-refractivity contribution >= 4 is 17.2 Å². The van der Waals surface area contributed by atoms with E-state index < -0.39 is 0 Å². The first-order valence-electron chi connectivity index (χ1n) is 3.53. The smallest absolute Gasteiger partial charge is 0.179 e. The van der Waals surface area contributed by atoms with Crippen molar-refractivity contribution in [1.29, 1.82) is 0 Å². The van der Waals surface area contributed by atoms with Crippen LogP contribution in [0, 0.1) is 13.8 Å². The van der Waals surface area contributed by atoms with Crippen molar-refractivity contribution in [2.45, 2.75) is 13.8 Å². The molecule has 0 unspecified atom stereocenters. The quantitative estimate of drug-likeness (QED) is 0.619. The molecule has 4 nitrogen and oxygen atoms in total. The summed E-state index contributed by atoms with van der Waals surface area (Å²) in [5.41, 5.74) is 2.74. The molecule has 2 aromatic heterocycles. The molecule has 0 saturated heterocycles. The van der Waals surface area contributed by atoms with E-state index in [1.54, 1.807) is 0 Å². The van der Waals surface area contributed by atoms with Crippen LogP contribution >= 0.6 is 11.6 Å². The molecule has 0 fully saturated rings. The fourth-order valence-electron chi connectivity index (χ4n) is 1.04. The van der Waals surface area contributed by atoms with Gasteiger partial charge in [0.15, 0.2) is 10.8 Å². The SMILES string of the molecule is Cc1c(Cl)nn2ncnc2c1C. The first kappa shape index (κ1) is 7.49. The summed E-state index contributed by atoms with van der Waals surface area (Å²) in [5, 5.41) is 8.37. The van der Waals surface area contributed by atoms with Crippen LogP contribution in [0.5, 0.6) is 0 Å². The first-order valence-corrected chi connectivity index (χ1v) is 3.90. The zero-order valence-electron chi connectivity index (χ0n) is 6.74. The number of hydrogen-bond acceptors (Lipinski definition) is 3. The van der Waals surface area contributed by atoms with E-state index in [0.717, 1.165) is 16.8 Å². The summed E-state index contributed by atoms with van der Waals surface area (Å²) < 4.78 is 1.44. The fourth-order valence-corrected chi connectivity index (χ4v) is 1.25. The lowest BCUT2D eigenvalue weighted by atomic mass is 10.2. The molecule has 5 heteroatoms. The summed E-state index contributed by atoms with van der Waals surface area (Å²) in [7, 11) is 0. The molecule has 0 aliphatic heterocycles. The highest BCUT2D eigenvalue weighted by molar-refractivity contribution is 6.30. The number of rotatable bonds is 0. The van der Waals surface area contributed by atoms with Crippen molar-refractivity contribution < 1.29 is 0 Å². The summed E-state index contributed by atoms with van der Waals surface area (Å²) >= 11 is 5.85. The summed E-state index contributed by atoms with van der Waals surface area (Å²) in [5.74, 6) is 0. The minimum Gasteiger partial charge on any atom is -0.213 e. The van der Waals surface area contributed by atoms with Crippen LogP contribution in [0.25, 0.3) is 5.65 Å². The minimum absolute atomic E-state index is 0.477. The van der Waals surface area contributed by atoms with Gasteiger partial charge in [-0.15, -0.1) is 14.8 Å². The van der Waals surface area contributed by atoms with Gasteiger partial charge < -0.3 is 0 Å². The van der Waals surface area contributed by atoms with Gasteiger partial charge in [0.2, 0.25) is 0 Å². The standard InChI is InChI=1S/C7H7ClN4/c1-4-5(2)7-9-3-10-12(7)11-6(4)8/h3H,1-2H3. The van der Waals surface area contributed by atoms with E-state index in [4.69, 9.17) is 11.6 Å². The number of fused-ring (bicyclic) bond motifs is 1. The van der Waals surface area contributed by atoms with E-state index in [2.05, 4.69) is 15.2 Å². The molecular weight excluding hydrogens is 176 g/mol. The van der Waals surface area contributed by atoms with Crippen molar-refractivity contribution in [3.63, 3.8) is 0 Å². The van der Waals surface area contributed by atoms with Crippen LogP contribution in [0.1, 0.15) is 11.1 Å². The van der Waals surface area contributed by atoms with E-state index in [1.807, 2.05) is 13.8 Å². The van der Waals surface area contributed by atoms with Gasteiger partial charge in [0.05, 0.1) is 0 Å². The third-order valence-corrected chi connectivity index (χ3v) is 2.28. The van der Waals surface area contributed by atoms with Gasteiger partial charge in [-0.1, -0.05) is 11.6 Å². The number of hydrogen-bond donors (Lipinski definition) is 0. The Kier molecular flexibility index (Phi) is 1.51. The average Bonchev–Trinajstić information content (AvgIpc) is 2.48. The summed E-state index contributed by atoms with van der Waals surface area (Å²) in [6.07, 6.45) is 1.46. The molecule has 0 radical (unpaired) electrons. The van der Waals surface area contributed by atoms with E-state index >= 15 is 0 Å². The molecule has 2 aromatic rings. The molecule has 0 aromatic carbocycles. The molecule has 0 bridgehead atoms. The van der Waals surface area contributed by atoms with Crippen LogP contribution in [-0.4, -0.2) is 19.8 Å². The van der Waals surface area contributed by atoms with Gasteiger partial charge in [-0.25, -0.2) is 4.98 Å². The maximum Gasteiger partial charge on any atom is 0.179 e. The third-order valence-electron chi connectivity index (χ3n) is 1.92. The fraction of sp³-hybridized carbons (Fsp3) is 0.286. The lowest BCUT2D eigenvalue weighted by Gasteiger charge is -2.01. The normalized spacial score (nSPS) is 10.9. The highest BCUT2D eigenvalue weighted by atomic mass is 35.5. The maximum atomic E-state index is 5.85. The Bertz CT molecular complexity index is 434. The van der Waals surface area contributed by atoms with Crippen molar-refractivity contribution in [2.75, 3.05) is 0 Å². The molecular formula is C7H7ClN4. The highest BCUT2D eigenvalue weighted by Crippen LogP contribution is 2.17. The van der Waals surface area contributed by atoms with Crippen molar-refractivity contribution in [3.8, 4) is 0 Å². The second-order valence-corrected chi connectivity index (χ2v) is 2.97. The minimum atomic E-state index is 0.477. The number of nitrogens with zero attached hydrogens (tertiary/aromatic N) is 4. The molecule has 0 aliphatic rings. The van der Waals surface area contributed by atoms with Gasteiger partial charge in [0, 0.05) is 5.56 Å². The molecule has 2 rings (SSSR count). The maximum absolute atomic E-state index is 5.85. The molecule has 0 aliphatic carbocycles. The van der Waals surface area contributed by atoms with Crippen molar-refractivity contribution in [2.24, 2.45) is 0 Å². The average molecular weight is 183 g/mol. The second-order valence-electron chi connectivity index (χ2n) is 2.61. The second kappa shape index (κ2) is 2.42. The lowest BCUT2D eigenvalue weighted by Crippen LogP contribution is -1.99. The molecule has 12 heavy (non-hydrogen) atoms. The predicted molar refractivity (Wildman–Crippen MR) is 45.3 cm³/mol. The molecule has 62 valence electrons. The Morgan fingerprint density at radius 1 is 1.33 bits per heavy atom. The Balaban J connectivity index is 2.94. The van der Waals surface area contributed by atoms with E-state index in [0.29, 0.717) is 5.15 Å². The van der Waals surface area contributed by atoms with Gasteiger partial charge in [-0.2, -0.15) is 0 Å². The molecule has 2 heterocycles. The van der Waals surface area contributed by atoms with Crippen LogP contribution in [0.2, 0.25) is 5.15 Å². The highest BCUT2D eigenvalue weighted by Gasteiger charge is 2.07. The van der Waals surface area contributed by atoms with Crippen LogP contribution in [-0.2, 0) is 0 Å². The predicted octanol–water partition coefficient (Wildman–Crippen LogP) is 1.39. The topological polar surface area (TPSA) is 43.1 Å². The van der Waals surface area contributed by atoms with Crippen molar-refractivity contribution in [3.05, 3.63) is 22.6 Å². The Labute approximate surface area is 74.2 Å². The van der Waals surface area contributed by atoms with Gasteiger partial charge in [-0.05, 0) is 19.4 Å². The van der Waals surface area contributed by atoms with E-state index in [1.165, 1.54) is 11.0 Å². The van der Waals surface area contributed by atoms with Gasteiger partial charge >= 0.3 is 0 Å². The third kappa shape index (κ3) is 0.881. The van der Waals surface area contributed by atoms with Gasteiger partial charge in [0.1, 0.15) is 6.33 Å². The Morgan fingerprint density at radius 2 is 2.08 bits per heavy atom. The molecule has 0 atom stereocenters. The van der Waals surface area contributed by atoms with Gasteiger partial charge in [-0.3, -0.25) is 0 Å². The van der Waals surface area contributed by atoms with Crippen LogP contribution < -0.4 is 0 Å². The summed E-state index contributed by atoms with van der Waals surface area (Å²) in [4.78, 5) is 4.05. The first-order chi connectivity index (χ1) is 5.70. The molecule has 0 saturated carbocycles. The monoisotopic (exact) mass is 182 g/mol. The number of halogens is 1. The van der Waals surface area contributed by atoms with Gasteiger partial charge in [0.25, 0.3) is 0 Å². The molecule has 0 spiro atoms. The summed E-state index contributed by atoms with van der Waals surface area (Å²) in [6.45, 7) is 3.87. The summed E-state index contributed by atoms with van der Waals surface area (Å²) in [6, 6.07) is 0. The molecule has 0 amide bonds. The van der Waals surface area contributed by atoms with Crippen molar-refractivity contribution in [1.82, 2.24) is 19.8 Å². The molecule has 0 N–H and O–H groups in total. The zero-order valence-corrected chi connectivity index (χ0v) is 7.50. The van der Waals surface area contributed by atoms with E-state index in [9.17, 15) is 0 Å². The zero-order chi connectivity index (χ0) is 8.72. The largest absolute Gasteiger partial charge is 0.213 e. The van der Waals surface area contributed by atoms with E-state index in [-0.39, 0.29) is 0 Å². The Morgan fingerprint density at radius 3 is 2.83 bits per heavy atom. The van der Waals surface area contributed by atoms with Crippen LogP contribution in [0.4, 0.5) is 0 Å². The van der Waals surface area contributed by atoms with Crippen LogP contribution in [0.3, 0.4) is 0 Å². The lowest BCUT2D eigenvalue weighted by molar-refractivity contribution is 0.791.